The molecular formula is C19H20N2O4S. The van der Waals surface area contributed by atoms with Crippen molar-refractivity contribution in [2.24, 2.45) is 0 Å². The highest BCUT2D eigenvalue weighted by Crippen LogP contribution is 2.25. The number of anilines is 2. The van der Waals surface area contributed by atoms with Crippen molar-refractivity contribution in [3.8, 4) is 0 Å². The number of ether oxygens (including phenoxy) is 1. The van der Waals surface area contributed by atoms with E-state index in [1.807, 2.05) is 18.2 Å². The Kier molecular flexibility index (Phi) is 5.37. The van der Waals surface area contributed by atoms with Crippen molar-refractivity contribution in [2.45, 2.75) is 39.2 Å². The van der Waals surface area contributed by atoms with Crippen LogP contribution >= 0.6 is 11.3 Å². The van der Waals surface area contributed by atoms with Crippen LogP contribution in [0.25, 0.3) is 0 Å². The lowest BCUT2D eigenvalue weighted by Gasteiger charge is -2.13. The second-order valence-electron chi connectivity index (χ2n) is 6.22. The molecule has 0 spiro atoms. The van der Waals surface area contributed by atoms with Crippen molar-refractivity contribution >= 4 is 39.8 Å². The molecule has 1 aliphatic carbocycles. The van der Waals surface area contributed by atoms with E-state index in [9.17, 15) is 14.4 Å². The summed E-state index contributed by atoms with van der Waals surface area (Å²) in [7, 11) is 0. The lowest BCUT2D eigenvalue weighted by atomic mass is 10.1. The third-order valence-corrected chi connectivity index (χ3v) is 5.11. The molecule has 1 aliphatic rings. The number of hydrogen-bond donors (Lipinski definition) is 2. The number of esters is 1. The summed E-state index contributed by atoms with van der Waals surface area (Å²) in [5, 5.41) is 5.95. The molecule has 2 amide bonds. The fourth-order valence-electron chi connectivity index (χ4n) is 2.85. The molecule has 2 N–H and O–H groups in total. The van der Waals surface area contributed by atoms with Gasteiger partial charge in [0.2, 0.25) is 5.91 Å². The number of thiophene rings is 1. The highest BCUT2D eigenvalue weighted by molar-refractivity contribution is 7.18. The highest BCUT2D eigenvalue weighted by Gasteiger charge is 2.21. The van der Waals surface area contributed by atoms with Crippen LogP contribution in [0.3, 0.4) is 0 Å². The second-order valence-corrected chi connectivity index (χ2v) is 7.30. The van der Waals surface area contributed by atoms with Crippen molar-refractivity contribution in [1.29, 1.82) is 0 Å². The van der Waals surface area contributed by atoms with Gasteiger partial charge in [-0.2, -0.15) is 0 Å². The fourth-order valence-corrected chi connectivity index (χ4v) is 3.69. The first-order valence-corrected chi connectivity index (χ1v) is 9.25. The van der Waals surface area contributed by atoms with Crippen LogP contribution in [-0.2, 0) is 27.2 Å². The van der Waals surface area contributed by atoms with E-state index in [-0.39, 0.29) is 11.8 Å². The Morgan fingerprint density at radius 3 is 2.62 bits per heavy atom. The van der Waals surface area contributed by atoms with Crippen LogP contribution in [0.4, 0.5) is 10.7 Å². The largest absolute Gasteiger partial charge is 0.448 e. The zero-order valence-corrected chi connectivity index (χ0v) is 15.4. The van der Waals surface area contributed by atoms with E-state index in [1.165, 1.54) is 25.0 Å². The van der Waals surface area contributed by atoms with Crippen LogP contribution < -0.4 is 10.6 Å². The Hall–Kier alpha value is -2.67. The zero-order valence-electron chi connectivity index (χ0n) is 14.6. The van der Waals surface area contributed by atoms with E-state index < -0.39 is 12.1 Å². The van der Waals surface area contributed by atoms with E-state index in [1.54, 1.807) is 12.1 Å². The number of nitrogens with one attached hydrogen (secondary N) is 2. The van der Waals surface area contributed by atoms with Crippen LogP contribution in [0, 0.1) is 0 Å². The second kappa shape index (κ2) is 7.70. The molecule has 2 aromatic rings. The maximum absolute atomic E-state index is 12.3. The molecular weight excluding hydrogens is 352 g/mol. The monoisotopic (exact) mass is 372 g/mol. The van der Waals surface area contributed by atoms with Crippen molar-refractivity contribution < 1.29 is 19.1 Å². The number of hydrogen-bond acceptors (Lipinski definition) is 5. The van der Waals surface area contributed by atoms with Gasteiger partial charge in [-0.3, -0.25) is 9.59 Å². The lowest BCUT2D eigenvalue weighted by Crippen LogP contribution is -2.29. The molecule has 0 fully saturated rings. The van der Waals surface area contributed by atoms with E-state index in [4.69, 9.17) is 4.74 Å². The van der Waals surface area contributed by atoms with Crippen LogP contribution in [0.5, 0.6) is 0 Å². The molecule has 7 heteroatoms. The smallest absolute Gasteiger partial charge is 0.349 e. The standard InChI is InChI=1S/C19H20N2O4S/c1-11(25-19(24)16-8-9-17(26-16)20-12(2)22)18(23)21-15-7-6-13-4-3-5-14(13)10-15/h6-11H,3-5H2,1-2H3,(H,20,22)(H,21,23)/t11-/m0/s1. The molecule has 1 atom stereocenters. The molecule has 0 saturated heterocycles. The Balaban J connectivity index is 1.57. The van der Waals surface area contributed by atoms with Gasteiger partial charge in [-0.05, 0) is 61.6 Å². The third-order valence-electron chi connectivity index (χ3n) is 4.13. The summed E-state index contributed by atoms with van der Waals surface area (Å²) in [4.78, 5) is 35.8. The Morgan fingerprint density at radius 1 is 1.08 bits per heavy atom. The molecule has 6 nitrogen and oxygen atoms in total. The van der Waals surface area contributed by atoms with Gasteiger partial charge in [0.15, 0.2) is 6.10 Å². The van der Waals surface area contributed by atoms with Gasteiger partial charge < -0.3 is 15.4 Å². The molecule has 0 aliphatic heterocycles. The molecule has 136 valence electrons. The molecule has 1 heterocycles. The Morgan fingerprint density at radius 2 is 1.85 bits per heavy atom. The van der Waals surface area contributed by atoms with Crippen LogP contribution in [0.15, 0.2) is 30.3 Å². The minimum atomic E-state index is -0.929. The van der Waals surface area contributed by atoms with Gasteiger partial charge in [-0.25, -0.2) is 4.79 Å². The molecule has 3 rings (SSSR count). The summed E-state index contributed by atoms with van der Waals surface area (Å²) >= 11 is 1.10. The molecule has 0 radical (unpaired) electrons. The van der Waals surface area contributed by atoms with E-state index in [0.717, 1.165) is 30.6 Å². The summed E-state index contributed by atoms with van der Waals surface area (Å²) in [6.45, 7) is 2.92. The third kappa shape index (κ3) is 4.29. The van der Waals surface area contributed by atoms with Gasteiger partial charge in [0.1, 0.15) is 4.88 Å². The minimum absolute atomic E-state index is 0.214. The van der Waals surface area contributed by atoms with Crippen LogP contribution in [-0.4, -0.2) is 23.9 Å². The Labute approximate surface area is 155 Å². The predicted molar refractivity (Wildman–Crippen MR) is 101 cm³/mol. The molecule has 1 aromatic carbocycles. The van der Waals surface area contributed by atoms with E-state index >= 15 is 0 Å². The van der Waals surface area contributed by atoms with E-state index in [0.29, 0.717) is 15.6 Å². The van der Waals surface area contributed by atoms with Gasteiger partial charge in [0.25, 0.3) is 5.91 Å². The van der Waals surface area contributed by atoms with Crippen molar-refractivity contribution in [3.63, 3.8) is 0 Å². The quantitative estimate of drug-likeness (QED) is 0.788. The predicted octanol–water partition coefficient (Wildman–Crippen LogP) is 3.38. The molecule has 26 heavy (non-hydrogen) atoms. The highest BCUT2D eigenvalue weighted by atomic mass is 32.1. The van der Waals surface area contributed by atoms with Gasteiger partial charge in [-0.15, -0.1) is 11.3 Å². The lowest BCUT2D eigenvalue weighted by molar-refractivity contribution is -0.123. The van der Waals surface area contributed by atoms with Gasteiger partial charge in [-0.1, -0.05) is 6.07 Å². The Bertz CT molecular complexity index is 859. The summed E-state index contributed by atoms with van der Waals surface area (Å²) < 4.78 is 5.23. The maximum atomic E-state index is 12.3. The average Bonchev–Trinajstić information content (AvgIpc) is 3.22. The summed E-state index contributed by atoms with van der Waals surface area (Å²) in [6.07, 6.45) is 2.32. The first-order chi connectivity index (χ1) is 12.4. The SMILES string of the molecule is CC(=O)Nc1ccc(C(=O)O[C@@H](C)C(=O)Nc2ccc3c(c2)CCC3)s1. The number of fused-ring (bicyclic) bond motifs is 1. The zero-order chi connectivity index (χ0) is 18.7. The number of rotatable bonds is 5. The number of aryl methyl sites for hydroxylation is 2. The van der Waals surface area contributed by atoms with Gasteiger partial charge >= 0.3 is 5.97 Å². The molecule has 0 bridgehead atoms. The summed E-state index contributed by atoms with van der Waals surface area (Å²) in [5.41, 5.74) is 3.30. The first kappa shape index (κ1) is 18.1. The molecule has 1 aromatic heterocycles. The number of amides is 2. The van der Waals surface area contributed by atoms with Crippen LogP contribution in [0.1, 0.15) is 41.1 Å². The molecule has 0 saturated carbocycles. The van der Waals surface area contributed by atoms with Gasteiger partial charge in [0.05, 0.1) is 5.00 Å². The number of carbonyl (C=O) groups is 3. The average molecular weight is 372 g/mol. The van der Waals surface area contributed by atoms with Crippen molar-refractivity contribution in [1.82, 2.24) is 0 Å². The normalized spacial score (nSPS) is 13.6. The maximum Gasteiger partial charge on any atom is 0.349 e. The molecule has 0 unspecified atom stereocenters. The number of carbonyl (C=O) groups excluding carboxylic acids is 3. The fraction of sp³-hybridized carbons (Fsp3) is 0.316. The van der Waals surface area contributed by atoms with Gasteiger partial charge in [0, 0.05) is 12.6 Å². The van der Waals surface area contributed by atoms with Crippen molar-refractivity contribution in [2.75, 3.05) is 10.6 Å². The summed E-state index contributed by atoms with van der Waals surface area (Å²) in [6, 6.07) is 9.06. The topological polar surface area (TPSA) is 84.5 Å². The summed E-state index contributed by atoms with van der Waals surface area (Å²) in [5.74, 6) is -1.19. The first-order valence-electron chi connectivity index (χ1n) is 8.43. The minimum Gasteiger partial charge on any atom is -0.448 e. The number of benzene rings is 1. The van der Waals surface area contributed by atoms with Crippen molar-refractivity contribution in [3.05, 3.63) is 46.3 Å². The van der Waals surface area contributed by atoms with Crippen LogP contribution in [0.2, 0.25) is 0 Å². The van der Waals surface area contributed by atoms with E-state index in [2.05, 4.69) is 10.6 Å².